The van der Waals surface area contributed by atoms with Gasteiger partial charge in [0.25, 0.3) is 0 Å². The Bertz CT molecular complexity index is 518. The fourth-order valence-corrected chi connectivity index (χ4v) is 2.10. The highest BCUT2D eigenvalue weighted by atomic mass is 16.4. The predicted molar refractivity (Wildman–Crippen MR) is 82.0 cm³/mol. The molecule has 0 saturated carbocycles. The fraction of sp³-hybridized carbons (Fsp3) is 0.529. The summed E-state index contributed by atoms with van der Waals surface area (Å²) in [5, 5.41) is 9.86. The van der Waals surface area contributed by atoms with Crippen LogP contribution in [0.4, 0.5) is 0 Å². The zero-order valence-electron chi connectivity index (χ0n) is 13.5. The van der Waals surface area contributed by atoms with Gasteiger partial charge in [-0.25, -0.2) is 9.13 Å². The van der Waals surface area contributed by atoms with Crippen LogP contribution in [0.25, 0.3) is 0 Å². The van der Waals surface area contributed by atoms with Crippen molar-refractivity contribution in [2.75, 3.05) is 0 Å². The van der Waals surface area contributed by atoms with Crippen LogP contribution in [-0.4, -0.2) is 10.5 Å². The van der Waals surface area contributed by atoms with E-state index in [1.807, 2.05) is 0 Å². The maximum Gasteiger partial charge on any atom is 0.243 e. The molecule has 5 heteroatoms. The molecule has 2 aromatic rings. The van der Waals surface area contributed by atoms with E-state index in [1.54, 1.807) is 0 Å². The van der Waals surface area contributed by atoms with Crippen molar-refractivity contribution in [2.45, 2.75) is 52.0 Å². The van der Waals surface area contributed by atoms with E-state index in [4.69, 9.17) is 0 Å². The molecule has 0 spiro atoms. The molecule has 0 aliphatic rings. The van der Waals surface area contributed by atoms with Crippen molar-refractivity contribution in [1.29, 1.82) is 0 Å². The molecule has 122 valence electrons. The Hall–Kier alpha value is -2.04. The Morgan fingerprint density at radius 1 is 1.27 bits per heavy atom. The average molecular weight is 306 g/mol. The van der Waals surface area contributed by atoms with Crippen LogP contribution in [0, 0.1) is 0 Å². The van der Waals surface area contributed by atoms with E-state index in [0.717, 1.165) is 0 Å². The van der Waals surface area contributed by atoms with Crippen molar-refractivity contribution >= 4 is 5.97 Å². The molecule has 0 radical (unpaired) electrons. The monoisotopic (exact) mass is 306 g/mol. The molecule has 0 atom stereocenters. The van der Waals surface area contributed by atoms with Crippen LogP contribution in [0.15, 0.2) is 41.5 Å². The molecule has 0 saturated heterocycles. The summed E-state index contributed by atoms with van der Waals surface area (Å²) in [5.74, 6) is -1.42. The minimum absolute atomic E-state index is 0.134. The van der Waals surface area contributed by atoms with Crippen molar-refractivity contribution in [2.24, 2.45) is 7.05 Å². The van der Waals surface area contributed by atoms with Crippen LogP contribution in [0.2, 0.25) is 0 Å². The predicted octanol–water partition coefficient (Wildman–Crippen LogP) is 2.32. The summed E-state index contributed by atoms with van der Waals surface area (Å²) in [7, 11) is 2.07. The molecule has 0 aliphatic carbocycles. The highest BCUT2D eigenvalue weighted by Gasteiger charge is 1.98. The zero-order chi connectivity index (χ0) is 16.2. The third-order valence-corrected chi connectivity index (χ3v) is 3.32. The first-order chi connectivity index (χ1) is 10.6. The third-order valence-electron chi connectivity index (χ3n) is 3.32. The number of aromatic carboxylic acids is 1. The Kier molecular flexibility index (Phi) is 8.72. The van der Waals surface area contributed by atoms with Gasteiger partial charge in [-0.05, 0) is 25.0 Å². The molecule has 5 nitrogen and oxygen atoms in total. The number of carbonyl (C=O) groups is 1. The average Bonchev–Trinajstić information content (AvgIpc) is 3.15. The molecular weight excluding hydrogens is 280 g/mol. The van der Waals surface area contributed by atoms with Gasteiger partial charge in [-0.15, -0.1) is 0 Å². The topological polar surface area (TPSA) is 62.1 Å². The number of hydrogen-bond acceptors (Lipinski definition) is 3. The quantitative estimate of drug-likeness (QED) is 0.555. The molecule has 0 aromatic carbocycles. The van der Waals surface area contributed by atoms with Gasteiger partial charge in [0.2, 0.25) is 6.33 Å². The van der Waals surface area contributed by atoms with Gasteiger partial charge in [0.05, 0.1) is 19.9 Å². The number of carboxylic acid groups (broad SMARTS) is 1. The minimum atomic E-state index is -1.28. The van der Waals surface area contributed by atoms with Gasteiger partial charge in [0.1, 0.15) is 24.1 Å². The van der Waals surface area contributed by atoms with Crippen molar-refractivity contribution in [1.82, 2.24) is 4.57 Å². The molecule has 2 rings (SSSR count). The lowest BCUT2D eigenvalue weighted by molar-refractivity contribution is -0.671. The number of carboxylic acids is 1. The van der Waals surface area contributed by atoms with Gasteiger partial charge in [-0.1, -0.05) is 32.6 Å². The minimum Gasteiger partial charge on any atom is -0.542 e. The van der Waals surface area contributed by atoms with E-state index < -0.39 is 5.97 Å². The number of nitrogens with zero attached hydrogens (tertiary/aromatic N) is 2. The molecule has 0 fully saturated rings. The van der Waals surface area contributed by atoms with Crippen LogP contribution < -0.4 is 9.67 Å². The lowest BCUT2D eigenvalue weighted by Gasteiger charge is -1.98. The van der Waals surface area contributed by atoms with Crippen molar-refractivity contribution in [3.63, 3.8) is 0 Å². The SMILES string of the molecule is CCCCCCCCn1cc[n+](C)c1.O=C([O-])c1ccco1. The Balaban J connectivity index is 0.000000255. The molecule has 0 N–H and O–H groups in total. The third kappa shape index (κ3) is 7.67. The number of aryl methyl sites for hydroxylation is 2. The number of aromatic nitrogens is 2. The number of furan rings is 1. The molecule has 0 bridgehead atoms. The molecular formula is C17H26N2O3. The number of hydrogen-bond donors (Lipinski definition) is 0. The molecule has 22 heavy (non-hydrogen) atoms. The second kappa shape index (κ2) is 10.7. The maximum absolute atomic E-state index is 9.86. The van der Waals surface area contributed by atoms with Gasteiger partial charge in [0.15, 0.2) is 0 Å². The zero-order valence-corrected chi connectivity index (χ0v) is 13.5. The van der Waals surface area contributed by atoms with Crippen molar-refractivity contribution in [3.05, 3.63) is 42.9 Å². The highest BCUT2D eigenvalue weighted by Crippen LogP contribution is 2.05. The van der Waals surface area contributed by atoms with Gasteiger partial charge < -0.3 is 14.3 Å². The largest absolute Gasteiger partial charge is 0.542 e. The molecule has 0 amide bonds. The van der Waals surface area contributed by atoms with Crippen LogP contribution in [0.5, 0.6) is 0 Å². The second-order valence-corrected chi connectivity index (χ2v) is 5.35. The van der Waals surface area contributed by atoms with Crippen LogP contribution in [0.3, 0.4) is 0 Å². The standard InChI is InChI=1S/C12H23N2.C5H4O3/c1-3-4-5-6-7-8-9-14-11-10-13(2)12-14;6-5(7)4-2-1-3-8-4/h10-12H,3-9H2,1-2H3;1-3H,(H,6,7)/q+1;/p-1. The lowest BCUT2D eigenvalue weighted by Crippen LogP contribution is -2.23. The number of imidazole rings is 1. The molecule has 2 aromatic heterocycles. The Morgan fingerprint density at radius 2 is 2.00 bits per heavy atom. The first kappa shape index (κ1) is 18.0. The van der Waals surface area contributed by atoms with E-state index >= 15 is 0 Å². The van der Waals surface area contributed by atoms with Gasteiger partial charge >= 0.3 is 0 Å². The second-order valence-electron chi connectivity index (χ2n) is 5.35. The fourth-order valence-electron chi connectivity index (χ4n) is 2.10. The van der Waals surface area contributed by atoms with E-state index in [-0.39, 0.29) is 5.76 Å². The summed E-state index contributed by atoms with van der Waals surface area (Å²) in [6.45, 7) is 3.44. The van der Waals surface area contributed by atoms with Crippen LogP contribution in [0.1, 0.15) is 56.0 Å². The van der Waals surface area contributed by atoms with Gasteiger partial charge in [-0.2, -0.15) is 0 Å². The van der Waals surface area contributed by atoms with E-state index in [0.29, 0.717) is 0 Å². The molecule has 0 unspecified atom stereocenters. The van der Waals surface area contributed by atoms with Crippen LogP contribution >= 0.6 is 0 Å². The lowest BCUT2D eigenvalue weighted by atomic mass is 10.1. The summed E-state index contributed by atoms with van der Waals surface area (Å²) in [5.41, 5.74) is 0. The summed E-state index contributed by atoms with van der Waals surface area (Å²) < 4.78 is 8.79. The summed E-state index contributed by atoms with van der Waals surface area (Å²) in [6.07, 6.45) is 15.9. The molecule has 0 aliphatic heterocycles. The van der Waals surface area contributed by atoms with Gasteiger partial charge in [0, 0.05) is 0 Å². The summed E-state index contributed by atoms with van der Waals surface area (Å²) in [4.78, 5) is 9.86. The number of carbonyl (C=O) groups excluding carboxylic acids is 1. The Morgan fingerprint density at radius 3 is 2.50 bits per heavy atom. The number of rotatable bonds is 8. The summed E-state index contributed by atoms with van der Waals surface area (Å²) in [6, 6.07) is 2.82. The van der Waals surface area contributed by atoms with E-state index in [2.05, 4.69) is 46.2 Å². The first-order valence-corrected chi connectivity index (χ1v) is 7.89. The number of unbranched alkanes of at least 4 members (excludes halogenated alkanes) is 5. The summed E-state index contributed by atoms with van der Waals surface area (Å²) >= 11 is 0. The normalized spacial score (nSPS) is 10.1. The van der Waals surface area contributed by atoms with Gasteiger partial charge in [-0.3, -0.25) is 0 Å². The molecule has 2 heterocycles. The van der Waals surface area contributed by atoms with E-state index in [9.17, 15) is 9.90 Å². The van der Waals surface area contributed by atoms with Crippen LogP contribution in [-0.2, 0) is 13.6 Å². The van der Waals surface area contributed by atoms with Crippen molar-refractivity contribution in [3.8, 4) is 0 Å². The highest BCUT2D eigenvalue weighted by molar-refractivity contribution is 5.82. The van der Waals surface area contributed by atoms with Crippen molar-refractivity contribution < 1.29 is 18.9 Å². The maximum atomic E-state index is 9.86. The Labute approximate surface area is 132 Å². The first-order valence-electron chi connectivity index (χ1n) is 7.89. The van der Waals surface area contributed by atoms with E-state index in [1.165, 1.54) is 63.5 Å². The smallest absolute Gasteiger partial charge is 0.243 e.